The van der Waals surface area contributed by atoms with E-state index in [0.717, 1.165) is 37.5 Å². The number of pyridine rings is 1. The minimum Gasteiger partial charge on any atom is -0.335 e. The van der Waals surface area contributed by atoms with Crippen LogP contribution in [0.3, 0.4) is 0 Å². The Morgan fingerprint density at radius 2 is 1.95 bits per heavy atom. The number of aromatic nitrogens is 2. The van der Waals surface area contributed by atoms with E-state index in [-0.39, 0.29) is 5.91 Å². The maximum Gasteiger partial charge on any atom is 0.272 e. The Morgan fingerprint density at radius 1 is 1.25 bits per heavy atom. The normalized spacial score (nSPS) is 16.9. The van der Waals surface area contributed by atoms with Gasteiger partial charge in [0.1, 0.15) is 11.3 Å². The zero-order chi connectivity index (χ0) is 14.3. The van der Waals surface area contributed by atoms with Gasteiger partial charge in [0.05, 0.1) is 10.7 Å². The van der Waals surface area contributed by atoms with E-state index in [1.54, 1.807) is 16.7 Å². The molecule has 0 spiro atoms. The average Bonchev–Trinajstić information content (AvgIpc) is 2.74. The molecule has 3 rings (SSSR count). The number of carbonyl (C=O) groups is 1. The average molecular weight is 293 g/mol. The van der Waals surface area contributed by atoms with Gasteiger partial charge in [-0.05, 0) is 26.1 Å². The second kappa shape index (κ2) is 5.07. The molecule has 0 saturated carbocycles. The summed E-state index contributed by atoms with van der Waals surface area (Å²) in [6, 6.07) is 3.61. The third-order valence-corrected chi connectivity index (χ3v) is 3.97. The first-order valence-electron chi connectivity index (χ1n) is 6.68. The van der Waals surface area contributed by atoms with E-state index in [4.69, 9.17) is 11.6 Å². The summed E-state index contributed by atoms with van der Waals surface area (Å²) < 4.78 is 1.79. The smallest absolute Gasteiger partial charge is 0.272 e. The van der Waals surface area contributed by atoms with Gasteiger partial charge >= 0.3 is 0 Å². The van der Waals surface area contributed by atoms with Crippen molar-refractivity contribution in [2.24, 2.45) is 0 Å². The molecule has 1 aliphatic rings. The molecule has 1 fully saturated rings. The zero-order valence-electron chi connectivity index (χ0n) is 11.6. The molecule has 20 heavy (non-hydrogen) atoms. The molecule has 3 heterocycles. The number of amides is 1. The van der Waals surface area contributed by atoms with Crippen LogP contribution < -0.4 is 0 Å². The highest BCUT2D eigenvalue weighted by Crippen LogP contribution is 2.18. The molecule has 106 valence electrons. The number of carbonyl (C=O) groups excluding carboxylic acids is 1. The van der Waals surface area contributed by atoms with Gasteiger partial charge in [-0.25, -0.2) is 4.98 Å². The highest BCUT2D eigenvalue weighted by molar-refractivity contribution is 6.30. The quantitative estimate of drug-likeness (QED) is 0.803. The first-order chi connectivity index (χ1) is 9.56. The van der Waals surface area contributed by atoms with Gasteiger partial charge in [0, 0.05) is 32.4 Å². The summed E-state index contributed by atoms with van der Waals surface area (Å²) in [5.74, 6) is 0.0327. The minimum absolute atomic E-state index is 0.0327. The van der Waals surface area contributed by atoms with E-state index in [1.165, 1.54) is 0 Å². The second-order valence-corrected chi connectivity index (χ2v) is 5.65. The topological polar surface area (TPSA) is 40.9 Å². The Hall–Kier alpha value is -1.59. The highest BCUT2D eigenvalue weighted by atomic mass is 35.5. The van der Waals surface area contributed by atoms with E-state index >= 15 is 0 Å². The number of halogens is 1. The number of likely N-dealkylation sites (N-methyl/N-ethyl adjacent to an activating group) is 1. The first kappa shape index (κ1) is 13.4. The number of imidazole rings is 1. The maximum atomic E-state index is 12.7. The van der Waals surface area contributed by atoms with Crippen LogP contribution in [0.25, 0.3) is 5.65 Å². The standard InChI is InChI=1S/C14H17ClN4O/c1-10-13(14(20)18-7-5-17(2)6-8-18)19-9-11(15)3-4-12(19)16-10/h3-4,9H,5-8H2,1-2H3. The van der Waals surface area contributed by atoms with Crippen molar-refractivity contribution in [2.45, 2.75) is 6.92 Å². The number of fused-ring (bicyclic) bond motifs is 1. The lowest BCUT2D eigenvalue weighted by molar-refractivity contribution is 0.0656. The Bertz CT molecular complexity index is 658. The minimum atomic E-state index is 0.0327. The fourth-order valence-corrected chi connectivity index (χ4v) is 2.71. The van der Waals surface area contributed by atoms with Crippen LogP contribution >= 0.6 is 11.6 Å². The molecule has 0 N–H and O–H groups in total. The van der Waals surface area contributed by atoms with Crippen LogP contribution in [0, 0.1) is 6.92 Å². The molecular formula is C14H17ClN4O. The van der Waals surface area contributed by atoms with Gasteiger partial charge in [0.15, 0.2) is 0 Å². The molecule has 0 bridgehead atoms. The van der Waals surface area contributed by atoms with Crippen molar-refractivity contribution in [1.82, 2.24) is 19.2 Å². The molecule has 5 nitrogen and oxygen atoms in total. The van der Waals surface area contributed by atoms with E-state index in [1.807, 2.05) is 17.9 Å². The molecule has 0 atom stereocenters. The second-order valence-electron chi connectivity index (χ2n) is 5.22. The molecular weight excluding hydrogens is 276 g/mol. The number of hydrogen-bond acceptors (Lipinski definition) is 3. The fraction of sp³-hybridized carbons (Fsp3) is 0.429. The van der Waals surface area contributed by atoms with Gasteiger partial charge in [-0.3, -0.25) is 9.20 Å². The Kier molecular flexibility index (Phi) is 3.40. The Labute approximate surface area is 122 Å². The molecule has 0 unspecified atom stereocenters. The van der Waals surface area contributed by atoms with Gasteiger partial charge in [-0.1, -0.05) is 11.6 Å². The lowest BCUT2D eigenvalue weighted by atomic mass is 10.2. The largest absolute Gasteiger partial charge is 0.335 e. The van der Waals surface area contributed by atoms with Crippen LogP contribution in [-0.4, -0.2) is 58.3 Å². The molecule has 0 radical (unpaired) electrons. The van der Waals surface area contributed by atoms with Gasteiger partial charge < -0.3 is 9.80 Å². The van der Waals surface area contributed by atoms with E-state index in [2.05, 4.69) is 16.9 Å². The Morgan fingerprint density at radius 3 is 2.65 bits per heavy atom. The third kappa shape index (κ3) is 2.27. The summed E-state index contributed by atoms with van der Waals surface area (Å²) in [5, 5.41) is 0.599. The third-order valence-electron chi connectivity index (χ3n) is 3.75. The van der Waals surface area contributed by atoms with Crippen molar-refractivity contribution in [3.63, 3.8) is 0 Å². The van der Waals surface area contributed by atoms with Gasteiger partial charge in [-0.2, -0.15) is 0 Å². The van der Waals surface area contributed by atoms with Crippen molar-refractivity contribution in [3.8, 4) is 0 Å². The first-order valence-corrected chi connectivity index (χ1v) is 7.06. The Balaban J connectivity index is 1.98. The molecule has 1 aliphatic heterocycles. The summed E-state index contributed by atoms with van der Waals surface area (Å²) in [6.07, 6.45) is 1.75. The fourth-order valence-electron chi connectivity index (χ4n) is 2.55. The SMILES string of the molecule is Cc1nc2ccc(Cl)cn2c1C(=O)N1CCN(C)CC1. The number of rotatable bonds is 1. The van der Waals surface area contributed by atoms with Crippen molar-refractivity contribution >= 4 is 23.2 Å². The van der Waals surface area contributed by atoms with Crippen molar-refractivity contribution < 1.29 is 4.79 Å². The van der Waals surface area contributed by atoms with E-state index in [9.17, 15) is 4.79 Å². The summed E-state index contributed by atoms with van der Waals surface area (Å²) in [7, 11) is 2.07. The summed E-state index contributed by atoms with van der Waals surface area (Å²) in [5.41, 5.74) is 2.12. The molecule has 6 heteroatoms. The lowest BCUT2D eigenvalue weighted by Gasteiger charge is -2.32. The summed E-state index contributed by atoms with van der Waals surface area (Å²) in [4.78, 5) is 21.3. The summed E-state index contributed by atoms with van der Waals surface area (Å²) in [6.45, 7) is 5.18. The van der Waals surface area contributed by atoms with Gasteiger partial charge in [-0.15, -0.1) is 0 Å². The van der Waals surface area contributed by atoms with E-state index in [0.29, 0.717) is 10.7 Å². The number of piperazine rings is 1. The van der Waals surface area contributed by atoms with Crippen molar-refractivity contribution in [1.29, 1.82) is 0 Å². The molecule has 2 aromatic heterocycles. The molecule has 2 aromatic rings. The summed E-state index contributed by atoms with van der Waals surface area (Å²) >= 11 is 6.03. The molecule has 1 saturated heterocycles. The predicted octanol–water partition coefficient (Wildman–Crippen LogP) is 1.68. The predicted molar refractivity (Wildman–Crippen MR) is 78.3 cm³/mol. The van der Waals surface area contributed by atoms with Crippen molar-refractivity contribution in [3.05, 3.63) is 34.7 Å². The highest BCUT2D eigenvalue weighted by Gasteiger charge is 2.25. The lowest BCUT2D eigenvalue weighted by Crippen LogP contribution is -2.47. The van der Waals surface area contributed by atoms with Gasteiger partial charge in [0.2, 0.25) is 0 Å². The number of aryl methyl sites for hydroxylation is 1. The number of hydrogen-bond donors (Lipinski definition) is 0. The van der Waals surface area contributed by atoms with E-state index < -0.39 is 0 Å². The van der Waals surface area contributed by atoms with Crippen LogP contribution in [-0.2, 0) is 0 Å². The van der Waals surface area contributed by atoms with Crippen LogP contribution in [0.2, 0.25) is 5.02 Å². The molecule has 0 aliphatic carbocycles. The molecule has 1 amide bonds. The van der Waals surface area contributed by atoms with Crippen LogP contribution in [0.5, 0.6) is 0 Å². The van der Waals surface area contributed by atoms with Crippen LogP contribution in [0.15, 0.2) is 18.3 Å². The zero-order valence-corrected chi connectivity index (χ0v) is 12.4. The van der Waals surface area contributed by atoms with Crippen molar-refractivity contribution in [2.75, 3.05) is 33.2 Å². The van der Waals surface area contributed by atoms with Crippen LogP contribution in [0.4, 0.5) is 0 Å². The monoisotopic (exact) mass is 292 g/mol. The maximum absolute atomic E-state index is 12.7. The van der Waals surface area contributed by atoms with Gasteiger partial charge in [0.25, 0.3) is 5.91 Å². The van der Waals surface area contributed by atoms with Crippen LogP contribution in [0.1, 0.15) is 16.2 Å². The number of nitrogens with zero attached hydrogens (tertiary/aromatic N) is 4. The molecule has 0 aromatic carbocycles.